The number of esters is 1. The van der Waals surface area contributed by atoms with Crippen LogP contribution in [0.2, 0.25) is 0 Å². The summed E-state index contributed by atoms with van der Waals surface area (Å²) in [4.78, 5) is 23.5. The number of aryl methyl sites for hydroxylation is 1. The Bertz CT molecular complexity index is 636. The van der Waals surface area contributed by atoms with E-state index in [4.69, 9.17) is 4.74 Å². The van der Waals surface area contributed by atoms with E-state index in [0.717, 1.165) is 0 Å². The van der Waals surface area contributed by atoms with Crippen molar-refractivity contribution in [2.45, 2.75) is 6.92 Å². The number of benzene rings is 1. The monoisotopic (exact) mass is 274 g/mol. The predicted octanol–water partition coefficient (Wildman–Crippen LogP) is 1.24. The molecule has 2 rings (SSSR count). The maximum absolute atomic E-state index is 11.9. The number of rotatable bonds is 4. The Balaban J connectivity index is 2.12. The first-order valence-electron chi connectivity index (χ1n) is 6.05. The Labute approximate surface area is 115 Å². The highest BCUT2D eigenvalue weighted by atomic mass is 16.5. The Hall–Kier alpha value is -2.70. The largest absolute Gasteiger partial charge is 0.462 e. The van der Waals surface area contributed by atoms with E-state index in [2.05, 4.69) is 15.6 Å². The van der Waals surface area contributed by atoms with Crippen molar-refractivity contribution in [1.29, 1.82) is 0 Å². The van der Waals surface area contributed by atoms with Crippen LogP contribution in [0.3, 0.4) is 0 Å². The Kier molecular flexibility index (Phi) is 4.09. The van der Waals surface area contributed by atoms with Gasteiger partial charge >= 0.3 is 5.97 Å². The number of aromatic nitrogens is 3. The third-order valence-corrected chi connectivity index (χ3v) is 2.47. The van der Waals surface area contributed by atoms with Crippen LogP contribution in [0.5, 0.6) is 0 Å². The zero-order chi connectivity index (χ0) is 14.5. The smallest absolute Gasteiger partial charge is 0.338 e. The summed E-state index contributed by atoms with van der Waals surface area (Å²) in [5.74, 6) is -0.817. The van der Waals surface area contributed by atoms with Crippen molar-refractivity contribution in [2.75, 3.05) is 11.9 Å². The number of hydrogen-bond acceptors (Lipinski definition) is 5. The number of carbonyl (C=O) groups is 2. The molecule has 0 atom stereocenters. The first kappa shape index (κ1) is 13.7. The van der Waals surface area contributed by atoms with Crippen LogP contribution in [0.1, 0.15) is 27.8 Å². The minimum Gasteiger partial charge on any atom is -0.462 e. The molecule has 104 valence electrons. The minimum atomic E-state index is -0.428. The molecule has 0 aliphatic rings. The zero-order valence-corrected chi connectivity index (χ0v) is 11.2. The molecule has 2 aromatic rings. The second-order valence-electron chi connectivity index (χ2n) is 4.03. The van der Waals surface area contributed by atoms with Crippen LogP contribution in [-0.4, -0.2) is 33.5 Å². The molecule has 1 N–H and O–H groups in total. The third kappa shape index (κ3) is 3.19. The average molecular weight is 274 g/mol. The molecule has 1 amide bonds. The quantitative estimate of drug-likeness (QED) is 0.848. The highest BCUT2D eigenvalue weighted by Gasteiger charge is 2.12. The average Bonchev–Trinajstić information content (AvgIpc) is 2.86. The van der Waals surface area contributed by atoms with Crippen molar-refractivity contribution in [3.8, 4) is 0 Å². The molecule has 7 heteroatoms. The molecule has 1 aromatic carbocycles. The van der Waals surface area contributed by atoms with Crippen molar-refractivity contribution in [2.24, 2.45) is 7.05 Å². The summed E-state index contributed by atoms with van der Waals surface area (Å²) in [6.45, 7) is 2.03. The lowest BCUT2D eigenvalue weighted by Crippen LogP contribution is -2.13. The maximum atomic E-state index is 11.9. The van der Waals surface area contributed by atoms with Crippen LogP contribution < -0.4 is 5.32 Å². The van der Waals surface area contributed by atoms with Crippen LogP contribution in [0.15, 0.2) is 30.5 Å². The fourth-order valence-corrected chi connectivity index (χ4v) is 1.58. The molecule has 0 fully saturated rings. The fraction of sp³-hybridized carbons (Fsp3) is 0.231. The lowest BCUT2D eigenvalue weighted by molar-refractivity contribution is 0.0526. The number of amides is 1. The van der Waals surface area contributed by atoms with Gasteiger partial charge in [0.1, 0.15) is 0 Å². The van der Waals surface area contributed by atoms with E-state index in [1.807, 2.05) is 0 Å². The first-order chi connectivity index (χ1) is 9.60. The lowest BCUT2D eigenvalue weighted by atomic mass is 10.2. The van der Waals surface area contributed by atoms with E-state index in [0.29, 0.717) is 17.9 Å². The molecule has 0 aliphatic carbocycles. The number of ether oxygens (including phenoxy) is 1. The van der Waals surface area contributed by atoms with Crippen LogP contribution in [-0.2, 0) is 11.8 Å². The van der Waals surface area contributed by atoms with Crippen LogP contribution in [0, 0.1) is 0 Å². The SMILES string of the molecule is CCOC(=O)c1cccc(NC(=O)c2cn(C)nn2)c1. The molecular weight excluding hydrogens is 260 g/mol. The van der Waals surface area contributed by atoms with E-state index in [1.165, 1.54) is 10.9 Å². The van der Waals surface area contributed by atoms with Crippen molar-refractivity contribution in [1.82, 2.24) is 15.0 Å². The summed E-state index contributed by atoms with van der Waals surface area (Å²) in [5, 5.41) is 10.0. The van der Waals surface area contributed by atoms with E-state index in [1.54, 1.807) is 38.2 Å². The number of nitrogens with zero attached hydrogens (tertiary/aromatic N) is 3. The van der Waals surface area contributed by atoms with Crippen LogP contribution in [0.25, 0.3) is 0 Å². The standard InChI is InChI=1S/C13H14N4O3/c1-3-20-13(19)9-5-4-6-10(7-9)14-12(18)11-8-17(2)16-15-11/h4-8H,3H2,1-2H3,(H,14,18). The van der Waals surface area contributed by atoms with Gasteiger partial charge in [0.15, 0.2) is 5.69 Å². The molecule has 0 unspecified atom stereocenters. The highest BCUT2D eigenvalue weighted by molar-refractivity contribution is 6.03. The third-order valence-electron chi connectivity index (χ3n) is 2.47. The highest BCUT2D eigenvalue weighted by Crippen LogP contribution is 2.12. The second kappa shape index (κ2) is 5.96. The van der Waals surface area contributed by atoms with Crippen LogP contribution in [0.4, 0.5) is 5.69 Å². The topological polar surface area (TPSA) is 86.1 Å². The van der Waals surface area contributed by atoms with Gasteiger partial charge in [0.25, 0.3) is 5.91 Å². The molecular formula is C13H14N4O3. The molecule has 0 saturated heterocycles. The van der Waals surface area contributed by atoms with Gasteiger partial charge in [-0.2, -0.15) is 0 Å². The molecule has 0 aliphatic heterocycles. The van der Waals surface area contributed by atoms with Crippen molar-refractivity contribution >= 4 is 17.6 Å². The number of hydrogen-bond donors (Lipinski definition) is 1. The minimum absolute atomic E-state index is 0.203. The molecule has 1 aromatic heterocycles. The van der Waals surface area contributed by atoms with Crippen LogP contribution >= 0.6 is 0 Å². The normalized spacial score (nSPS) is 10.1. The van der Waals surface area contributed by atoms with Crippen molar-refractivity contribution < 1.29 is 14.3 Å². The summed E-state index contributed by atoms with van der Waals surface area (Å²) in [7, 11) is 1.67. The van der Waals surface area contributed by atoms with Gasteiger partial charge in [0.05, 0.1) is 18.4 Å². The van der Waals surface area contributed by atoms with E-state index >= 15 is 0 Å². The molecule has 0 radical (unpaired) electrons. The molecule has 1 heterocycles. The zero-order valence-electron chi connectivity index (χ0n) is 11.2. The van der Waals surface area contributed by atoms with E-state index < -0.39 is 5.97 Å². The summed E-state index contributed by atoms with van der Waals surface area (Å²) in [6.07, 6.45) is 1.50. The van der Waals surface area contributed by atoms with Gasteiger partial charge in [0.2, 0.25) is 0 Å². The van der Waals surface area contributed by atoms with Crippen molar-refractivity contribution in [3.63, 3.8) is 0 Å². The summed E-state index contributed by atoms with van der Waals surface area (Å²) < 4.78 is 6.33. The molecule has 0 bridgehead atoms. The van der Waals surface area contributed by atoms with Gasteiger partial charge in [-0.1, -0.05) is 11.3 Å². The summed E-state index contributed by atoms with van der Waals surface area (Å²) >= 11 is 0. The molecule has 0 saturated carbocycles. The van der Waals surface area contributed by atoms with Gasteiger partial charge in [-0.3, -0.25) is 9.48 Å². The lowest BCUT2D eigenvalue weighted by Gasteiger charge is -2.05. The maximum Gasteiger partial charge on any atom is 0.338 e. The number of carbonyl (C=O) groups excluding carboxylic acids is 2. The van der Waals surface area contributed by atoms with E-state index in [-0.39, 0.29) is 11.6 Å². The van der Waals surface area contributed by atoms with Gasteiger partial charge in [0, 0.05) is 12.7 Å². The fourth-order valence-electron chi connectivity index (χ4n) is 1.58. The number of anilines is 1. The van der Waals surface area contributed by atoms with E-state index in [9.17, 15) is 9.59 Å². The first-order valence-corrected chi connectivity index (χ1v) is 6.05. The Morgan fingerprint density at radius 1 is 1.40 bits per heavy atom. The molecule has 7 nitrogen and oxygen atoms in total. The molecule has 0 spiro atoms. The van der Waals surface area contributed by atoms with Gasteiger partial charge < -0.3 is 10.1 Å². The predicted molar refractivity (Wildman–Crippen MR) is 71.4 cm³/mol. The number of nitrogens with one attached hydrogen (secondary N) is 1. The second-order valence-corrected chi connectivity index (χ2v) is 4.03. The molecule has 20 heavy (non-hydrogen) atoms. The van der Waals surface area contributed by atoms with Gasteiger partial charge in [-0.05, 0) is 25.1 Å². The Morgan fingerprint density at radius 2 is 2.20 bits per heavy atom. The van der Waals surface area contributed by atoms with Gasteiger partial charge in [-0.15, -0.1) is 5.10 Å². The van der Waals surface area contributed by atoms with Gasteiger partial charge in [-0.25, -0.2) is 4.79 Å². The summed E-state index contributed by atoms with van der Waals surface area (Å²) in [5.41, 5.74) is 1.07. The van der Waals surface area contributed by atoms with Crippen molar-refractivity contribution in [3.05, 3.63) is 41.7 Å². The Morgan fingerprint density at radius 3 is 2.85 bits per heavy atom. The summed E-state index contributed by atoms with van der Waals surface area (Å²) in [6, 6.07) is 6.51.